The number of benzene rings is 1. The fraction of sp³-hybridized carbons (Fsp3) is 0.417. The summed E-state index contributed by atoms with van der Waals surface area (Å²) in [5.41, 5.74) is 0.780. The molecule has 0 radical (unpaired) electrons. The molecular weight excluding hydrogens is 263 g/mol. The van der Waals surface area contributed by atoms with Crippen LogP contribution in [0.3, 0.4) is 0 Å². The van der Waals surface area contributed by atoms with Crippen LogP contribution in [0.4, 0.5) is 13.2 Å². The van der Waals surface area contributed by atoms with Gasteiger partial charge in [-0.1, -0.05) is 12.1 Å². The Balaban J connectivity index is 2.50. The molecule has 1 N–H and O–H groups in total. The number of carboxylic acids is 1. The molecule has 0 aliphatic carbocycles. The van der Waals surface area contributed by atoms with Crippen LogP contribution in [-0.2, 0) is 11.3 Å². The number of hydrogen-bond donors (Lipinski definition) is 1. The summed E-state index contributed by atoms with van der Waals surface area (Å²) in [6.07, 6.45) is -4.68. The molecule has 0 saturated heterocycles. The highest BCUT2D eigenvalue weighted by Crippen LogP contribution is 2.22. The average molecular weight is 277 g/mol. The van der Waals surface area contributed by atoms with Crippen LogP contribution in [0, 0.1) is 0 Å². The van der Waals surface area contributed by atoms with Crippen LogP contribution in [0.25, 0.3) is 0 Å². The normalized spacial score (nSPS) is 11.6. The summed E-state index contributed by atoms with van der Waals surface area (Å²) in [4.78, 5) is 12.2. The van der Waals surface area contributed by atoms with E-state index in [9.17, 15) is 18.0 Å². The number of alkyl halides is 3. The maximum Gasteiger partial charge on any atom is 0.573 e. The van der Waals surface area contributed by atoms with Crippen molar-refractivity contribution < 1.29 is 27.8 Å². The molecule has 0 spiro atoms. The molecule has 0 heterocycles. The lowest BCUT2D eigenvalue weighted by molar-refractivity contribution is -0.274. The molecule has 7 heteroatoms. The molecule has 4 nitrogen and oxygen atoms in total. The number of nitrogens with zero attached hydrogens (tertiary/aromatic N) is 1. The second-order valence-corrected chi connectivity index (χ2v) is 4.07. The molecule has 0 bridgehead atoms. The number of ether oxygens (including phenoxy) is 1. The van der Waals surface area contributed by atoms with Crippen molar-refractivity contribution in [3.05, 3.63) is 29.8 Å². The van der Waals surface area contributed by atoms with Crippen molar-refractivity contribution in [1.82, 2.24) is 4.90 Å². The fourth-order valence-corrected chi connectivity index (χ4v) is 1.47. The molecule has 0 aliphatic heterocycles. The number of hydrogen-bond acceptors (Lipinski definition) is 3. The quantitative estimate of drug-likeness (QED) is 0.868. The molecule has 0 saturated carbocycles. The van der Waals surface area contributed by atoms with Gasteiger partial charge in [0.1, 0.15) is 5.75 Å². The van der Waals surface area contributed by atoms with E-state index in [1.165, 1.54) is 24.3 Å². The van der Waals surface area contributed by atoms with Crippen molar-refractivity contribution in [2.24, 2.45) is 0 Å². The first kappa shape index (κ1) is 15.3. The van der Waals surface area contributed by atoms with Crippen LogP contribution in [0.1, 0.15) is 12.0 Å². The molecular formula is C12H14F3NO3. The fourth-order valence-electron chi connectivity index (χ4n) is 1.47. The van der Waals surface area contributed by atoms with Crippen LogP contribution >= 0.6 is 0 Å². The first-order chi connectivity index (χ1) is 8.76. The maximum atomic E-state index is 11.9. The van der Waals surface area contributed by atoms with E-state index in [0.29, 0.717) is 13.1 Å². The van der Waals surface area contributed by atoms with Crippen LogP contribution in [-0.4, -0.2) is 35.9 Å². The van der Waals surface area contributed by atoms with E-state index in [4.69, 9.17) is 5.11 Å². The van der Waals surface area contributed by atoms with E-state index in [-0.39, 0.29) is 12.2 Å². The second-order valence-electron chi connectivity index (χ2n) is 4.07. The molecule has 1 aromatic rings. The Bertz CT molecular complexity index is 417. The monoisotopic (exact) mass is 277 g/mol. The molecule has 106 valence electrons. The third-order valence-electron chi connectivity index (χ3n) is 2.32. The van der Waals surface area contributed by atoms with Crippen LogP contribution in [0.2, 0.25) is 0 Å². The smallest absolute Gasteiger partial charge is 0.481 e. The third kappa shape index (κ3) is 6.66. The van der Waals surface area contributed by atoms with Gasteiger partial charge in [-0.05, 0) is 24.7 Å². The van der Waals surface area contributed by atoms with Gasteiger partial charge < -0.3 is 14.7 Å². The van der Waals surface area contributed by atoms with Gasteiger partial charge in [0.05, 0.1) is 6.42 Å². The van der Waals surface area contributed by atoms with Crippen LogP contribution < -0.4 is 4.74 Å². The van der Waals surface area contributed by atoms with E-state index in [2.05, 4.69) is 4.74 Å². The summed E-state index contributed by atoms with van der Waals surface area (Å²) in [5.74, 6) is -1.16. The zero-order valence-electron chi connectivity index (χ0n) is 10.3. The summed E-state index contributed by atoms with van der Waals surface area (Å²) < 4.78 is 39.6. The summed E-state index contributed by atoms with van der Waals surface area (Å²) >= 11 is 0. The second kappa shape index (κ2) is 6.42. The van der Waals surface area contributed by atoms with Crippen molar-refractivity contribution in [1.29, 1.82) is 0 Å². The zero-order valence-corrected chi connectivity index (χ0v) is 10.3. The van der Waals surface area contributed by atoms with E-state index >= 15 is 0 Å². The third-order valence-corrected chi connectivity index (χ3v) is 2.32. The Morgan fingerprint density at radius 1 is 1.32 bits per heavy atom. The molecule has 0 aliphatic rings. The van der Waals surface area contributed by atoms with Crippen molar-refractivity contribution in [3.63, 3.8) is 0 Å². The van der Waals surface area contributed by atoms with Crippen LogP contribution in [0.15, 0.2) is 24.3 Å². The van der Waals surface area contributed by atoms with Gasteiger partial charge in [0.25, 0.3) is 0 Å². The van der Waals surface area contributed by atoms with E-state index in [0.717, 1.165) is 5.56 Å². The Hall–Kier alpha value is -1.76. The Labute approximate surface area is 108 Å². The summed E-state index contributed by atoms with van der Waals surface area (Å²) in [6.45, 7) is 0.829. The Kier molecular flexibility index (Phi) is 5.17. The number of rotatable bonds is 6. The van der Waals surface area contributed by atoms with Gasteiger partial charge in [0, 0.05) is 13.1 Å². The number of carbonyl (C=O) groups is 1. The summed E-state index contributed by atoms with van der Waals surface area (Å²) in [6, 6.07) is 5.48. The topological polar surface area (TPSA) is 49.8 Å². The van der Waals surface area contributed by atoms with Crippen molar-refractivity contribution in [2.75, 3.05) is 13.6 Å². The summed E-state index contributed by atoms with van der Waals surface area (Å²) in [5, 5.41) is 8.52. The SMILES string of the molecule is CN(CCC(=O)O)Cc1ccc(OC(F)(F)F)cc1. The number of aliphatic carboxylic acids is 1. The molecule has 1 rings (SSSR count). The van der Waals surface area contributed by atoms with Crippen molar-refractivity contribution in [3.8, 4) is 5.75 Å². The number of carboxylic acid groups (broad SMARTS) is 1. The highest BCUT2D eigenvalue weighted by molar-refractivity contribution is 5.66. The van der Waals surface area contributed by atoms with Gasteiger partial charge in [-0.25, -0.2) is 0 Å². The Morgan fingerprint density at radius 3 is 2.37 bits per heavy atom. The van der Waals surface area contributed by atoms with E-state index < -0.39 is 12.3 Å². The predicted molar refractivity (Wildman–Crippen MR) is 61.7 cm³/mol. The lowest BCUT2D eigenvalue weighted by atomic mass is 10.2. The predicted octanol–water partition coefficient (Wildman–Crippen LogP) is 2.49. The highest BCUT2D eigenvalue weighted by Gasteiger charge is 2.30. The zero-order chi connectivity index (χ0) is 14.5. The first-order valence-electron chi connectivity index (χ1n) is 5.51. The lowest BCUT2D eigenvalue weighted by Gasteiger charge is -2.16. The number of halogens is 3. The minimum Gasteiger partial charge on any atom is -0.481 e. The van der Waals surface area contributed by atoms with Crippen molar-refractivity contribution >= 4 is 5.97 Å². The molecule has 0 fully saturated rings. The highest BCUT2D eigenvalue weighted by atomic mass is 19.4. The largest absolute Gasteiger partial charge is 0.573 e. The standard InChI is InChI=1S/C12H14F3NO3/c1-16(7-6-11(17)18)8-9-2-4-10(5-3-9)19-12(13,14)15/h2-5H,6-8H2,1H3,(H,17,18). The average Bonchev–Trinajstić information content (AvgIpc) is 2.27. The molecule has 0 unspecified atom stereocenters. The van der Waals surface area contributed by atoms with Gasteiger partial charge in [-0.2, -0.15) is 0 Å². The Morgan fingerprint density at radius 2 is 1.89 bits per heavy atom. The van der Waals surface area contributed by atoms with E-state index in [1.807, 2.05) is 0 Å². The molecule has 0 aromatic heterocycles. The van der Waals surface area contributed by atoms with Gasteiger partial charge in [-0.15, -0.1) is 13.2 Å². The molecule has 0 atom stereocenters. The maximum absolute atomic E-state index is 11.9. The minimum absolute atomic E-state index is 0.0196. The van der Waals surface area contributed by atoms with Crippen molar-refractivity contribution in [2.45, 2.75) is 19.3 Å². The van der Waals surface area contributed by atoms with Crippen LogP contribution in [0.5, 0.6) is 5.75 Å². The lowest BCUT2D eigenvalue weighted by Crippen LogP contribution is -2.21. The van der Waals surface area contributed by atoms with Gasteiger partial charge in [0.15, 0.2) is 0 Å². The van der Waals surface area contributed by atoms with Gasteiger partial charge in [0.2, 0.25) is 0 Å². The molecule has 1 aromatic carbocycles. The first-order valence-corrected chi connectivity index (χ1v) is 5.51. The molecule has 19 heavy (non-hydrogen) atoms. The molecule has 0 amide bonds. The van der Waals surface area contributed by atoms with Gasteiger partial charge in [-0.3, -0.25) is 4.79 Å². The van der Waals surface area contributed by atoms with Gasteiger partial charge >= 0.3 is 12.3 Å². The minimum atomic E-state index is -4.69. The van der Waals surface area contributed by atoms with E-state index in [1.54, 1.807) is 11.9 Å². The summed E-state index contributed by atoms with van der Waals surface area (Å²) in [7, 11) is 1.74.